The van der Waals surface area contributed by atoms with Crippen LogP contribution in [0.4, 0.5) is 10.5 Å². The number of rotatable bonds is 5. The normalized spacial score (nSPS) is 13.2. The number of ketones is 1. The molecule has 3 aromatic carbocycles. The summed E-state index contributed by atoms with van der Waals surface area (Å²) in [5, 5.41) is 8.80. The first-order chi connectivity index (χ1) is 16.5. The predicted octanol–water partition coefficient (Wildman–Crippen LogP) is 5.27. The highest BCUT2D eigenvalue weighted by atomic mass is 35.5. The Morgan fingerprint density at radius 2 is 1.71 bits per heavy atom. The van der Waals surface area contributed by atoms with Crippen LogP contribution in [0.3, 0.4) is 0 Å². The molecule has 0 radical (unpaired) electrons. The maximum absolute atomic E-state index is 12.9. The Morgan fingerprint density at radius 1 is 1.00 bits per heavy atom. The smallest absolute Gasteiger partial charge is 0.331 e. The van der Waals surface area contributed by atoms with Gasteiger partial charge in [-0.3, -0.25) is 9.78 Å². The molecule has 5 rings (SSSR count). The van der Waals surface area contributed by atoms with Crippen LogP contribution in [0, 0.1) is 0 Å². The Bertz CT molecular complexity index is 1430. The van der Waals surface area contributed by atoms with Crippen molar-refractivity contribution in [1.29, 1.82) is 0 Å². The molecular formula is C25H17Cl2N5O2. The van der Waals surface area contributed by atoms with Crippen molar-refractivity contribution >= 4 is 58.0 Å². The number of aromatic nitrogens is 2. The summed E-state index contributed by atoms with van der Waals surface area (Å²) < 4.78 is 0. The molecule has 1 aromatic heterocycles. The number of carbonyl (C=O) groups excluding carboxylic acids is 2. The molecule has 1 N–H and O–H groups in total. The third-order valence-corrected chi connectivity index (χ3v) is 6.06. The largest absolute Gasteiger partial charge is 0.342 e. The van der Waals surface area contributed by atoms with Crippen molar-refractivity contribution in [2.75, 3.05) is 11.6 Å². The number of nitrogens with one attached hydrogen (secondary N) is 1. The average molecular weight is 490 g/mol. The third-order valence-electron chi connectivity index (χ3n) is 5.38. The van der Waals surface area contributed by atoms with Crippen LogP contribution < -0.4 is 10.3 Å². The molecule has 0 unspecified atom stereocenters. The van der Waals surface area contributed by atoms with Crippen LogP contribution in [0.1, 0.15) is 27.2 Å². The minimum Gasteiger partial charge on any atom is -0.331 e. The minimum atomic E-state index is -0.348. The van der Waals surface area contributed by atoms with Crippen LogP contribution in [0.5, 0.6) is 0 Å². The summed E-state index contributed by atoms with van der Waals surface area (Å²) >= 11 is 13.0. The second kappa shape index (κ2) is 9.21. The molecule has 0 spiro atoms. The van der Waals surface area contributed by atoms with E-state index in [1.807, 2.05) is 36.4 Å². The van der Waals surface area contributed by atoms with Crippen molar-refractivity contribution in [3.8, 4) is 0 Å². The summed E-state index contributed by atoms with van der Waals surface area (Å²) in [5.41, 5.74) is 4.32. The van der Waals surface area contributed by atoms with Crippen molar-refractivity contribution < 1.29 is 9.59 Å². The van der Waals surface area contributed by atoms with E-state index in [1.54, 1.807) is 30.5 Å². The standard InChI is InChI=1S/C25H17Cl2N5O2/c26-19-12-17(32-25(34)28-9-10-30-32)13-20(27)18(19)11-15-5-7-16(8-6-15)24(33)23-14-29-21-3-1-2-4-22(21)31-23/h1-8,10,12-14H,9,11H2,(H,28,34). The van der Waals surface area contributed by atoms with E-state index in [1.165, 1.54) is 11.2 Å². The zero-order valence-electron chi connectivity index (χ0n) is 17.7. The average Bonchev–Trinajstić information content (AvgIpc) is 2.86. The molecule has 168 valence electrons. The monoisotopic (exact) mass is 489 g/mol. The van der Waals surface area contributed by atoms with Gasteiger partial charge in [-0.15, -0.1) is 0 Å². The highest BCUT2D eigenvalue weighted by Gasteiger charge is 2.20. The molecule has 0 aliphatic carbocycles. The SMILES string of the molecule is O=C(c1ccc(Cc2c(Cl)cc(N3N=CCNC3=O)cc2Cl)cc1)c1cnc2ccccc2n1. The fraction of sp³-hybridized carbons (Fsp3) is 0.0800. The Balaban J connectivity index is 1.35. The van der Waals surface area contributed by atoms with E-state index in [9.17, 15) is 9.59 Å². The van der Waals surface area contributed by atoms with Gasteiger partial charge in [0.15, 0.2) is 0 Å². The third kappa shape index (κ3) is 4.35. The number of carbonyl (C=O) groups is 2. The van der Waals surface area contributed by atoms with Gasteiger partial charge in [0.1, 0.15) is 5.69 Å². The first kappa shape index (κ1) is 22.0. The molecule has 1 aliphatic rings. The van der Waals surface area contributed by atoms with E-state index in [-0.39, 0.29) is 17.5 Å². The lowest BCUT2D eigenvalue weighted by Crippen LogP contribution is -2.41. The van der Waals surface area contributed by atoms with Crippen LogP contribution in [-0.4, -0.2) is 34.5 Å². The number of halogens is 2. The lowest BCUT2D eigenvalue weighted by atomic mass is 10.0. The fourth-order valence-corrected chi connectivity index (χ4v) is 4.25. The summed E-state index contributed by atoms with van der Waals surface area (Å²) in [6.07, 6.45) is 3.54. The van der Waals surface area contributed by atoms with Crippen molar-refractivity contribution in [3.05, 3.63) is 99.3 Å². The zero-order valence-corrected chi connectivity index (χ0v) is 19.2. The number of amides is 2. The molecular weight excluding hydrogens is 473 g/mol. The summed E-state index contributed by atoms with van der Waals surface area (Å²) in [6.45, 7) is 0.376. The van der Waals surface area contributed by atoms with E-state index in [0.29, 0.717) is 45.3 Å². The molecule has 2 amide bonds. The number of urea groups is 1. The molecule has 2 heterocycles. The zero-order chi connectivity index (χ0) is 23.7. The van der Waals surface area contributed by atoms with Gasteiger partial charge >= 0.3 is 6.03 Å². The Labute approximate surface area is 205 Å². The number of hydrogen-bond donors (Lipinski definition) is 1. The van der Waals surface area contributed by atoms with Crippen LogP contribution in [0.15, 0.2) is 72.0 Å². The summed E-state index contributed by atoms with van der Waals surface area (Å²) in [4.78, 5) is 33.7. The molecule has 0 saturated heterocycles. The maximum Gasteiger partial charge on any atom is 0.342 e. The van der Waals surface area contributed by atoms with Crippen LogP contribution >= 0.6 is 23.2 Å². The van der Waals surface area contributed by atoms with Crippen molar-refractivity contribution in [2.45, 2.75) is 6.42 Å². The van der Waals surface area contributed by atoms with Gasteiger partial charge in [0.05, 0.1) is 29.5 Å². The van der Waals surface area contributed by atoms with E-state index >= 15 is 0 Å². The van der Waals surface area contributed by atoms with Crippen molar-refractivity contribution in [2.24, 2.45) is 5.10 Å². The minimum absolute atomic E-state index is 0.203. The lowest BCUT2D eigenvalue weighted by molar-refractivity contribution is 0.103. The Kier molecular flexibility index (Phi) is 5.96. The second-order valence-electron chi connectivity index (χ2n) is 7.63. The molecule has 0 fully saturated rings. The van der Waals surface area contributed by atoms with Gasteiger partial charge in [0.25, 0.3) is 0 Å². The summed E-state index contributed by atoms with van der Waals surface area (Å²) in [5.74, 6) is -0.203. The van der Waals surface area contributed by atoms with Gasteiger partial charge in [0.2, 0.25) is 5.78 Å². The highest BCUT2D eigenvalue weighted by molar-refractivity contribution is 6.36. The molecule has 0 bridgehead atoms. The van der Waals surface area contributed by atoms with Gasteiger partial charge < -0.3 is 5.32 Å². The van der Waals surface area contributed by atoms with Crippen LogP contribution in [0.25, 0.3) is 11.0 Å². The summed E-state index contributed by atoms with van der Waals surface area (Å²) in [6, 6.07) is 17.6. The van der Waals surface area contributed by atoms with Crippen molar-refractivity contribution in [3.63, 3.8) is 0 Å². The molecule has 9 heteroatoms. The highest BCUT2D eigenvalue weighted by Crippen LogP contribution is 2.33. The van der Waals surface area contributed by atoms with Gasteiger partial charge in [-0.1, -0.05) is 59.6 Å². The lowest BCUT2D eigenvalue weighted by Gasteiger charge is -2.22. The molecule has 0 saturated carbocycles. The number of hydrazone groups is 1. The fourth-order valence-electron chi connectivity index (χ4n) is 3.64. The number of benzene rings is 3. The molecule has 1 aliphatic heterocycles. The molecule has 0 atom stereocenters. The molecule has 7 nitrogen and oxygen atoms in total. The van der Waals surface area contributed by atoms with E-state index in [4.69, 9.17) is 23.2 Å². The summed E-state index contributed by atoms with van der Waals surface area (Å²) in [7, 11) is 0. The van der Waals surface area contributed by atoms with E-state index in [0.717, 1.165) is 11.1 Å². The topological polar surface area (TPSA) is 87.5 Å². The van der Waals surface area contributed by atoms with Crippen LogP contribution in [0.2, 0.25) is 10.0 Å². The number of fused-ring (bicyclic) bond motifs is 1. The number of anilines is 1. The first-order valence-corrected chi connectivity index (χ1v) is 11.2. The van der Waals surface area contributed by atoms with E-state index in [2.05, 4.69) is 20.4 Å². The van der Waals surface area contributed by atoms with Gasteiger partial charge in [0, 0.05) is 28.2 Å². The van der Waals surface area contributed by atoms with Crippen molar-refractivity contribution in [1.82, 2.24) is 15.3 Å². The second-order valence-corrected chi connectivity index (χ2v) is 8.45. The number of hydrogen-bond acceptors (Lipinski definition) is 5. The van der Waals surface area contributed by atoms with Gasteiger partial charge in [-0.2, -0.15) is 10.1 Å². The number of para-hydroxylation sites is 2. The number of nitrogens with zero attached hydrogens (tertiary/aromatic N) is 4. The van der Waals surface area contributed by atoms with Gasteiger partial charge in [-0.25, -0.2) is 9.78 Å². The quantitative estimate of drug-likeness (QED) is 0.386. The van der Waals surface area contributed by atoms with Gasteiger partial charge in [-0.05, 0) is 35.4 Å². The first-order valence-electron chi connectivity index (χ1n) is 10.4. The molecule has 4 aromatic rings. The maximum atomic E-state index is 12.9. The Hall–Kier alpha value is -3.81. The molecule has 34 heavy (non-hydrogen) atoms. The van der Waals surface area contributed by atoms with E-state index < -0.39 is 0 Å². The van der Waals surface area contributed by atoms with Crippen LogP contribution in [-0.2, 0) is 6.42 Å². The Morgan fingerprint density at radius 3 is 2.41 bits per heavy atom. The predicted molar refractivity (Wildman–Crippen MR) is 133 cm³/mol.